The number of carbonyl (C=O) groups is 2. The zero-order valence-electron chi connectivity index (χ0n) is 19.7. The molecule has 4 rings (SSSR count). The lowest BCUT2D eigenvalue weighted by molar-refractivity contribution is -0.146. The molecule has 32 heavy (non-hydrogen) atoms. The maximum atomic E-state index is 13.4. The smallest absolute Gasteiger partial charge is 0.336 e. The van der Waals surface area contributed by atoms with Gasteiger partial charge in [0.15, 0.2) is 0 Å². The van der Waals surface area contributed by atoms with Crippen LogP contribution in [0.3, 0.4) is 0 Å². The number of fused-ring (bicyclic) bond motifs is 1. The summed E-state index contributed by atoms with van der Waals surface area (Å²) in [6.07, 6.45) is 7.49. The van der Waals surface area contributed by atoms with Gasteiger partial charge in [-0.25, -0.2) is 4.79 Å². The van der Waals surface area contributed by atoms with Crippen LogP contribution in [0.5, 0.6) is 0 Å². The molecule has 1 heterocycles. The summed E-state index contributed by atoms with van der Waals surface area (Å²) >= 11 is 0. The average Bonchev–Trinajstić information content (AvgIpc) is 2.80. The van der Waals surface area contributed by atoms with Gasteiger partial charge in [0.05, 0.1) is 11.5 Å². The van der Waals surface area contributed by atoms with Gasteiger partial charge in [-0.2, -0.15) is 0 Å². The maximum absolute atomic E-state index is 13.4. The standard InChI is InChI=1S/C27H36N2O3/c1-4-29(5-2)20-16-14-19(15-17-20)25-24(27(31)32-21-10-7-6-8-11-21)18(3)28-22-12-9-13-23(30)26(22)25/h14-17,21,25-26H,4-13H2,1-3H3/t25-,26?/m0/s1. The van der Waals surface area contributed by atoms with Gasteiger partial charge >= 0.3 is 5.97 Å². The third-order valence-electron chi connectivity index (χ3n) is 7.33. The van der Waals surface area contributed by atoms with Crippen molar-refractivity contribution in [3.63, 3.8) is 0 Å². The monoisotopic (exact) mass is 436 g/mol. The summed E-state index contributed by atoms with van der Waals surface area (Å²) in [5, 5.41) is 0. The van der Waals surface area contributed by atoms with Gasteiger partial charge in [-0.3, -0.25) is 9.79 Å². The van der Waals surface area contributed by atoms with E-state index in [-0.39, 0.29) is 29.7 Å². The number of hydrogen-bond acceptors (Lipinski definition) is 5. The van der Waals surface area contributed by atoms with Crippen LogP contribution in [0.25, 0.3) is 0 Å². The molecule has 0 radical (unpaired) electrons. The van der Waals surface area contributed by atoms with Crippen LogP contribution in [0.1, 0.15) is 83.6 Å². The Morgan fingerprint density at radius 2 is 1.69 bits per heavy atom. The van der Waals surface area contributed by atoms with Crippen LogP contribution in [-0.2, 0) is 14.3 Å². The summed E-state index contributed by atoms with van der Waals surface area (Å²) < 4.78 is 5.98. The molecule has 5 nitrogen and oxygen atoms in total. The third kappa shape index (κ3) is 4.53. The first kappa shape index (κ1) is 22.8. The van der Waals surface area contributed by atoms with Gasteiger partial charge in [0.25, 0.3) is 0 Å². The minimum Gasteiger partial charge on any atom is -0.459 e. The molecular formula is C27H36N2O3. The normalized spacial score (nSPS) is 24.1. The minimum absolute atomic E-state index is 0.0188. The first-order valence-electron chi connectivity index (χ1n) is 12.4. The predicted molar refractivity (Wildman–Crippen MR) is 128 cm³/mol. The van der Waals surface area contributed by atoms with Crippen LogP contribution in [0.4, 0.5) is 5.69 Å². The first-order chi connectivity index (χ1) is 15.5. The molecule has 172 valence electrons. The Bertz CT molecular complexity index is 905. The van der Waals surface area contributed by atoms with Gasteiger partial charge in [-0.05, 0) is 77.0 Å². The Morgan fingerprint density at radius 3 is 2.34 bits per heavy atom. The fourth-order valence-corrected chi connectivity index (χ4v) is 5.62. The molecule has 0 saturated heterocycles. The molecule has 2 fully saturated rings. The molecule has 0 N–H and O–H groups in total. The van der Waals surface area contributed by atoms with E-state index < -0.39 is 0 Å². The Hall–Kier alpha value is -2.43. The highest BCUT2D eigenvalue weighted by Gasteiger charge is 2.44. The van der Waals surface area contributed by atoms with E-state index in [4.69, 9.17) is 9.73 Å². The second-order valence-corrected chi connectivity index (χ2v) is 9.31. The second kappa shape index (κ2) is 10.0. The lowest BCUT2D eigenvalue weighted by Gasteiger charge is -2.36. The summed E-state index contributed by atoms with van der Waals surface area (Å²) in [5.74, 6) is -0.741. The van der Waals surface area contributed by atoms with Gasteiger partial charge < -0.3 is 9.64 Å². The maximum Gasteiger partial charge on any atom is 0.336 e. The number of aliphatic imine (C=N–C) groups is 1. The van der Waals surface area contributed by atoms with Gasteiger partial charge in [0, 0.05) is 42.5 Å². The molecule has 1 aromatic carbocycles. The molecule has 2 aliphatic carbocycles. The number of ether oxygens (including phenoxy) is 1. The van der Waals surface area contributed by atoms with Crippen molar-refractivity contribution in [3.05, 3.63) is 41.1 Å². The van der Waals surface area contributed by atoms with Gasteiger partial charge in [0.2, 0.25) is 0 Å². The van der Waals surface area contributed by atoms with Gasteiger partial charge in [0.1, 0.15) is 11.9 Å². The molecule has 3 aliphatic rings. The zero-order chi connectivity index (χ0) is 22.7. The Kier molecular flexibility index (Phi) is 7.12. The van der Waals surface area contributed by atoms with Gasteiger partial charge in [-0.15, -0.1) is 0 Å². The number of benzene rings is 1. The molecule has 2 saturated carbocycles. The average molecular weight is 437 g/mol. The van der Waals surface area contributed by atoms with E-state index in [2.05, 4.69) is 43.0 Å². The SMILES string of the molecule is CCN(CC)c1ccc([C@H]2C(C(=O)OC3CCCCC3)=C(C)N=C3CCCC(=O)C32)cc1. The molecule has 0 amide bonds. The number of hydrogen-bond donors (Lipinski definition) is 0. The number of rotatable bonds is 6. The molecule has 1 unspecified atom stereocenters. The van der Waals surface area contributed by atoms with E-state index in [0.29, 0.717) is 17.7 Å². The van der Waals surface area contributed by atoms with E-state index >= 15 is 0 Å². The molecule has 0 bridgehead atoms. The highest BCUT2D eigenvalue weighted by molar-refractivity contribution is 6.11. The molecule has 1 aromatic rings. The van der Waals surface area contributed by atoms with Crippen LogP contribution in [-0.4, -0.2) is 36.7 Å². The number of carbonyl (C=O) groups excluding carboxylic acids is 2. The third-order valence-corrected chi connectivity index (χ3v) is 7.33. The molecule has 2 atom stereocenters. The van der Waals surface area contributed by atoms with Crippen LogP contribution < -0.4 is 4.90 Å². The molecule has 1 aliphatic heterocycles. The molecule has 0 aromatic heterocycles. The van der Waals surface area contributed by atoms with E-state index in [9.17, 15) is 9.59 Å². The van der Waals surface area contributed by atoms with Crippen molar-refractivity contribution in [2.24, 2.45) is 10.9 Å². The van der Waals surface area contributed by atoms with Crippen molar-refractivity contribution in [1.82, 2.24) is 0 Å². The number of esters is 1. The van der Waals surface area contributed by atoms with Crippen LogP contribution in [0.15, 0.2) is 40.5 Å². The Morgan fingerprint density at radius 1 is 1.00 bits per heavy atom. The summed E-state index contributed by atoms with van der Waals surface area (Å²) in [4.78, 5) is 33.6. The van der Waals surface area contributed by atoms with Crippen molar-refractivity contribution in [1.29, 1.82) is 0 Å². The van der Waals surface area contributed by atoms with Crippen molar-refractivity contribution in [2.45, 2.75) is 84.2 Å². The quantitative estimate of drug-likeness (QED) is 0.546. The minimum atomic E-state index is -0.347. The lowest BCUT2D eigenvalue weighted by atomic mass is 9.69. The van der Waals surface area contributed by atoms with Crippen molar-refractivity contribution in [2.75, 3.05) is 18.0 Å². The molecule has 0 spiro atoms. The van der Waals surface area contributed by atoms with Crippen molar-refractivity contribution >= 4 is 23.2 Å². The lowest BCUT2D eigenvalue weighted by Crippen LogP contribution is -2.39. The Labute approximate surface area is 191 Å². The number of allylic oxidation sites excluding steroid dienone is 1. The number of ketones is 1. The van der Waals surface area contributed by atoms with Crippen molar-refractivity contribution < 1.29 is 14.3 Å². The highest BCUT2D eigenvalue weighted by Crippen LogP contribution is 2.43. The van der Waals surface area contributed by atoms with E-state index in [1.165, 1.54) is 6.42 Å². The largest absolute Gasteiger partial charge is 0.459 e. The summed E-state index contributed by atoms with van der Waals surface area (Å²) in [6.45, 7) is 8.07. The van der Waals surface area contributed by atoms with E-state index in [1.54, 1.807) is 0 Å². The zero-order valence-corrected chi connectivity index (χ0v) is 19.7. The number of nitrogens with zero attached hydrogens (tertiary/aromatic N) is 2. The first-order valence-corrected chi connectivity index (χ1v) is 12.4. The van der Waals surface area contributed by atoms with E-state index in [1.807, 2.05) is 6.92 Å². The van der Waals surface area contributed by atoms with Crippen LogP contribution >= 0.6 is 0 Å². The number of anilines is 1. The molecule has 5 heteroatoms. The highest BCUT2D eigenvalue weighted by atomic mass is 16.5. The summed E-state index contributed by atoms with van der Waals surface area (Å²) in [6, 6.07) is 8.40. The summed E-state index contributed by atoms with van der Waals surface area (Å²) in [5.41, 5.74) is 4.39. The molecular weight excluding hydrogens is 400 g/mol. The van der Waals surface area contributed by atoms with E-state index in [0.717, 1.165) is 68.6 Å². The Balaban J connectivity index is 1.70. The van der Waals surface area contributed by atoms with Crippen LogP contribution in [0, 0.1) is 5.92 Å². The second-order valence-electron chi connectivity index (χ2n) is 9.31. The predicted octanol–water partition coefficient (Wildman–Crippen LogP) is 5.59. The fourth-order valence-electron chi connectivity index (χ4n) is 5.62. The number of Topliss-reactive ketones (excluding diaryl/α,β-unsaturated/α-hetero) is 1. The van der Waals surface area contributed by atoms with Crippen LogP contribution in [0.2, 0.25) is 0 Å². The fraction of sp³-hybridized carbons (Fsp3) is 0.593. The summed E-state index contributed by atoms with van der Waals surface area (Å²) in [7, 11) is 0. The van der Waals surface area contributed by atoms with Gasteiger partial charge in [-0.1, -0.05) is 18.6 Å². The van der Waals surface area contributed by atoms with Crippen molar-refractivity contribution in [3.8, 4) is 0 Å². The topological polar surface area (TPSA) is 59.0 Å².